The highest BCUT2D eigenvalue weighted by Crippen LogP contribution is 2.07. The van der Waals surface area contributed by atoms with E-state index in [0.29, 0.717) is 6.42 Å². The van der Waals surface area contributed by atoms with Gasteiger partial charge in [-0.15, -0.1) is 0 Å². The molecule has 1 aromatic carbocycles. The smallest absolute Gasteiger partial charge is 0.186 e. The molecular weight excluding hydrogens is 199 g/mol. The van der Waals surface area contributed by atoms with Crippen molar-refractivity contribution in [2.24, 2.45) is 0 Å². The third-order valence-corrected chi connectivity index (χ3v) is 2.15. The number of ketones is 1. The molecule has 2 N–H and O–H groups in total. The summed E-state index contributed by atoms with van der Waals surface area (Å²) in [5, 5.41) is 17.7. The van der Waals surface area contributed by atoms with Crippen LogP contribution in [0, 0.1) is 5.82 Å². The molecule has 82 valence electrons. The van der Waals surface area contributed by atoms with Crippen molar-refractivity contribution in [3.8, 4) is 0 Å². The molecule has 1 rings (SSSR count). The van der Waals surface area contributed by atoms with Crippen molar-refractivity contribution < 1.29 is 19.4 Å². The van der Waals surface area contributed by atoms with Gasteiger partial charge in [0.25, 0.3) is 0 Å². The molecular formula is C11H13FO3. The Morgan fingerprint density at radius 1 is 1.33 bits per heavy atom. The van der Waals surface area contributed by atoms with Crippen LogP contribution >= 0.6 is 0 Å². The summed E-state index contributed by atoms with van der Waals surface area (Å²) in [5.74, 6) is -0.900. The number of halogens is 1. The molecule has 15 heavy (non-hydrogen) atoms. The highest BCUT2D eigenvalue weighted by molar-refractivity contribution is 5.83. The van der Waals surface area contributed by atoms with E-state index in [-0.39, 0.29) is 12.2 Å². The Labute approximate surface area is 87.2 Å². The zero-order chi connectivity index (χ0) is 11.3. The molecule has 3 nitrogen and oxygen atoms in total. The number of carbonyl (C=O) groups excluding carboxylic acids is 1. The summed E-state index contributed by atoms with van der Waals surface area (Å²) in [4.78, 5) is 10.8. The fourth-order valence-corrected chi connectivity index (χ4v) is 1.22. The molecule has 0 bridgehead atoms. The lowest BCUT2D eigenvalue weighted by atomic mass is 10.0. The maximum Gasteiger partial charge on any atom is 0.186 e. The number of benzene rings is 1. The monoisotopic (exact) mass is 212 g/mol. The standard InChI is InChI=1S/C11H13FO3/c12-9-4-1-8(2-5-9)3-6-10(14)11(15)7-13/h1-2,4-5,10,13-14H,3,6-7H2. The minimum absolute atomic E-state index is 0.241. The van der Waals surface area contributed by atoms with Gasteiger partial charge in [-0.05, 0) is 30.5 Å². The average molecular weight is 212 g/mol. The number of aliphatic hydroxyl groups is 2. The molecule has 0 amide bonds. The maximum absolute atomic E-state index is 12.5. The minimum atomic E-state index is -1.14. The van der Waals surface area contributed by atoms with Crippen molar-refractivity contribution in [1.29, 1.82) is 0 Å². The number of hydrogen-bond donors (Lipinski definition) is 2. The molecule has 1 aromatic rings. The highest BCUT2D eigenvalue weighted by atomic mass is 19.1. The first-order chi connectivity index (χ1) is 7.13. The van der Waals surface area contributed by atoms with Gasteiger partial charge in [0, 0.05) is 0 Å². The van der Waals surface area contributed by atoms with Gasteiger partial charge < -0.3 is 10.2 Å². The van der Waals surface area contributed by atoms with Gasteiger partial charge in [0.05, 0.1) is 0 Å². The third-order valence-electron chi connectivity index (χ3n) is 2.15. The Balaban J connectivity index is 2.43. The largest absolute Gasteiger partial charge is 0.388 e. The predicted octanol–water partition coefficient (Wildman–Crippen LogP) is 0.681. The van der Waals surface area contributed by atoms with Gasteiger partial charge in [-0.2, -0.15) is 0 Å². The Hall–Kier alpha value is -1.26. The van der Waals surface area contributed by atoms with Crippen LogP contribution in [-0.4, -0.2) is 28.7 Å². The molecule has 0 radical (unpaired) electrons. The zero-order valence-corrected chi connectivity index (χ0v) is 8.19. The van der Waals surface area contributed by atoms with Crippen LogP contribution in [0.3, 0.4) is 0 Å². The molecule has 0 heterocycles. The van der Waals surface area contributed by atoms with E-state index in [1.165, 1.54) is 12.1 Å². The van der Waals surface area contributed by atoms with Crippen LogP contribution in [0.1, 0.15) is 12.0 Å². The second-order valence-electron chi connectivity index (χ2n) is 3.31. The molecule has 0 fully saturated rings. The molecule has 1 unspecified atom stereocenters. The number of Topliss-reactive ketones (excluding diaryl/α,β-unsaturated/α-hetero) is 1. The summed E-state index contributed by atoms with van der Waals surface area (Å²) < 4.78 is 12.5. The van der Waals surface area contributed by atoms with Gasteiger partial charge >= 0.3 is 0 Å². The lowest BCUT2D eigenvalue weighted by Gasteiger charge is -2.07. The van der Waals surface area contributed by atoms with E-state index in [0.717, 1.165) is 5.56 Å². The number of hydrogen-bond acceptors (Lipinski definition) is 3. The van der Waals surface area contributed by atoms with Gasteiger partial charge in [0.15, 0.2) is 5.78 Å². The second-order valence-corrected chi connectivity index (χ2v) is 3.31. The molecule has 1 atom stereocenters. The van der Waals surface area contributed by atoms with Crippen molar-refractivity contribution >= 4 is 5.78 Å². The lowest BCUT2D eigenvalue weighted by Crippen LogP contribution is -2.23. The Morgan fingerprint density at radius 3 is 2.47 bits per heavy atom. The number of aliphatic hydroxyl groups excluding tert-OH is 2. The van der Waals surface area contributed by atoms with E-state index in [1.807, 2.05) is 0 Å². The summed E-state index contributed by atoms with van der Waals surface area (Å²) in [6.07, 6.45) is -0.418. The van der Waals surface area contributed by atoms with Crippen molar-refractivity contribution in [2.75, 3.05) is 6.61 Å². The van der Waals surface area contributed by atoms with E-state index in [9.17, 15) is 14.3 Å². The maximum atomic E-state index is 12.5. The first-order valence-electron chi connectivity index (χ1n) is 4.69. The quantitative estimate of drug-likeness (QED) is 0.754. The second kappa shape index (κ2) is 5.58. The number of aryl methyl sites for hydroxylation is 1. The third kappa shape index (κ3) is 3.77. The van der Waals surface area contributed by atoms with Crippen molar-refractivity contribution in [3.63, 3.8) is 0 Å². The fraction of sp³-hybridized carbons (Fsp3) is 0.364. The van der Waals surface area contributed by atoms with Gasteiger partial charge in [-0.1, -0.05) is 12.1 Å². The first-order valence-corrected chi connectivity index (χ1v) is 4.69. The van der Waals surface area contributed by atoms with Crippen LogP contribution in [0.2, 0.25) is 0 Å². The Morgan fingerprint density at radius 2 is 1.93 bits per heavy atom. The van der Waals surface area contributed by atoms with Crippen LogP contribution in [-0.2, 0) is 11.2 Å². The Kier molecular flexibility index (Phi) is 4.39. The minimum Gasteiger partial charge on any atom is -0.388 e. The van der Waals surface area contributed by atoms with Crippen molar-refractivity contribution in [1.82, 2.24) is 0 Å². The average Bonchev–Trinajstić information content (AvgIpc) is 2.26. The van der Waals surface area contributed by atoms with E-state index in [4.69, 9.17) is 5.11 Å². The molecule has 0 aliphatic rings. The van der Waals surface area contributed by atoms with Crippen LogP contribution in [0.25, 0.3) is 0 Å². The van der Waals surface area contributed by atoms with Gasteiger partial charge in [-0.25, -0.2) is 4.39 Å². The van der Waals surface area contributed by atoms with E-state index in [2.05, 4.69) is 0 Å². The van der Waals surface area contributed by atoms with Crippen LogP contribution in [0.4, 0.5) is 4.39 Å². The first kappa shape index (κ1) is 11.8. The molecule has 4 heteroatoms. The van der Waals surface area contributed by atoms with Crippen molar-refractivity contribution in [2.45, 2.75) is 18.9 Å². The van der Waals surface area contributed by atoms with E-state index >= 15 is 0 Å². The topological polar surface area (TPSA) is 57.5 Å². The van der Waals surface area contributed by atoms with Crippen LogP contribution in [0.5, 0.6) is 0 Å². The summed E-state index contributed by atoms with van der Waals surface area (Å²) in [6, 6.07) is 5.86. The van der Waals surface area contributed by atoms with Gasteiger partial charge in [-0.3, -0.25) is 4.79 Å². The van der Waals surface area contributed by atoms with E-state index < -0.39 is 18.5 Å². The van der Waals surface area contributed by atoms with Crippen molar-refractivity contribution in [3.05, 3.63) is 35.6 Å². The molecule has 0 aliphatic carbocycles. The molecule has 0 aliphatic heterocycles. The summed E-state index contributed by atoms with van der Waals surface area (Å²) >= 11 is 0. The highest BCUT2D eigenvalue weighted by Gasteiger charge is 2.13. The summed E-state index contributed by atoms with van der Waals surface area (Å²) in [7, 11) is 0. The SMILES string of the molecule is O=C(CO)C(O)CCc1ccc(F)cc1. The van der Waals surface area contributed by atoms with E-state index in [1.54, 1.807) is 12.1 Å². The lowest BCUT2D eigenvalue weighted by molar-refractivity contribution is -0.130. The number of carbonyl (C=O) groups is 1. The molecule has 0 aromatic heterocycles. The van der Waals surface area contributed by atoms with Crippen LogP contribution < -0.4 is 0 Å². The van der Waals surface area contributed by atoms with Crippen LogP contribution in [0.15, 0.2) is 24.3 Å². The van der Waals surface area contributed by atoms with Gasteiger partial charge in [0.2, 0.25) is 0 Å². The van der Waals surface area contributed by atoms with Gasteiger partial charge in [0.1, 0.15) is 18.5 Å². The Bertz CT molecular complexity index is 321. The zero-order valence-electron chi connectivity index (χ0n) is 8.19. The molecule has 0 saturated carbocycles. The fourth-order valence-electron chi connectivity index (χ4n) is 1.22. The summed E-state index contributed by atoms with van der Waals surface area (Å²) in [6.45, 7) is -0.648. The predicted molar refractivity (Wildman–Crippen MR) is 52.8 cm³/mol. The normalized spacial score (nSPS) is 12.5. The number of rotatable bonds is 5. The molecule has 0 spiro atoms. The summed E-state index contributed by atoms with van der Waals surface area (Å²) in [5.41, 5.74) is 0.848. The molecule has 0 saturated heterocycles.